The van der Waals surface area contributed by atoms with E-state index >= 15 is 0 Å². The third kappa shape index (κ3) is 24.0. The van der Waals surface area contributed by atoms with Crippen molar-refractivity contribution in [2.75, 3.05) is 0 Å². The molecule has 0 bridgehead atoms. The lowest BCUT2D eigenvalue weighted by atomic mass is 9.86. The van der Waals surface area contributed by atoms with Crippen LogP contribution < -0.4 is 0 Å². The molecule has 30 heavy (non-hydrogen) atoms. The van der Waals surface area contributed by atoms with E-state index in [2.05, 4.69) is 55.0 Å². The van der Waals surface area contributed by atoms with E-state index in [4.69, 9.17) is 0 Å². The number of hydrogen-bond donors (Lipinski definition) is 0. The minimum Gasteiger partial charge on any atom is -0.0999 e. The van der Waals surface area contributed by atoms with Gasteiger partial charge in [0.25, 0.3) is 0 Å². The van der Waals surface area contributed by atoms with Crippen LogP contribution in [0.15, 0.2) is 12.2 Å². The Morgan fingerprint density at radius 1 is 0.633 bits per heavy atom. The molecule has 0 aliphatic rings. The molecule has 0 nitrogen and oxygen atoms in total. The maximum absolute atomic E-state index is 4.10. The van der Waals surface area contributed by atoms with Gasteiger partial charge in [-0.05, 0) is 37.0 Å². The van der Waals surface area contributed by atoms with Gasteiger partial charge in [0, 0.05) is 0 Å². The Bertz CT molecular complexity index is 338. The standard InChI is InChI=1S/C22H44.C8H18/c1-5-8-9-11-15-19-22(17-6-2)20-16-13-10-12-14-18-21(4)7-3;1-5-7-8(3,4)6-2/h22H,4-20H2,1-3H3;5-7H2,1-4H3. The summed E-state index contributed by atoms with van der Waals surface area (Å²) in [4.78, 5) is 0. The van der Waals surface area contributed by atoms with Crippen molar-refractivity contribution in [1.82, 2.24) is 0 Å². The van der Waals surface area contributed by atoms with Gasteiger partial charge in [-0.15, -0.1) is 0 Å². The molecule has 0 aliphatic heterocycles. The first-order valence-corrected chi connectivity index (χ1v) is 14.0. The van der Waals surface area contributed by atoms with Gasteiger partial charge in [-0.2, -0.15) is 0 Å². The van der Waals surface area contributed by atoms with Gasteiger partial charge in [0.2, 0.25) is 0 Å². The number of hydrogen-bond acceptors (Lipinski definition) is 0. The molecule has 0 fully saturated rings. The van der Waals surface area contributed by atoms with Gasteiger partial charge in [-0.1, -0.05) is 157 Å². The summed E-state index contributed by atoms with van der Waals surface area (Å²) in [6.45, 7) is 20.1. The van der Waals surface area contributed by atoms with Gasteiger partial charge in [0.05, 0.1) is 0 Å². The van der Waals surface area contributed by atoms with Crippen LogP contribution in [0.4, 0.5) is 0 Å². The number of rotatable bonds is 20. The van der Waals surface area contributed by atoms with Crippen LogP contribution in [0.3, 0.4) is 0 Å². The molecule has 1 unspecified atom stereocenters. The van der Waals surface area contributed by atoms with Crippen molar-refractivity contribution < 1.29 is 0 Å². The van der Waals surface area contributed by atoms with E-state index in [-0.39, 0.29) is 0 Å². The molecular weight excluding hydrogens is 360 g/mol. The summed E-state index contributed by atoms with van der Waals surface area (Å²) in [7, 11) is 0. The minimum absolute atomic E-state index is 0.592. The molecule has 0 saturated carbocycles. The Labute approximate surface area is 194 Å². The van der Waals surface area contributed by atoms with Crippen LogP contribution in [-0.4, -0.2) is 0 Å². The Kier molecular flexibility index (Phi) is 24.9. The fraction of sp³-hybridized carbons (Fsp3) is 0.933. The van der Waals surface area contributed by atoms with Gasteiger partial charge in [0.1, 0.15) is 0 Å². The number of unbranched alkanes of at least 4 members (excludes halogenated alkanes) is 8. The lowest BCUT2D eigenvalue weighted by Crippen LogP contribution is -2.07. The largest absolute Gasteiger partial charge is 0.0999 e. The molecule has 0 heteroatoms. The smallest absolute Gasteiger partial charge is 0.0323 e. The molecule has 0 N–H and O–H groups in total. The van der Waals surface area contributed by atoms with E-state index in [0.717, 1.165) is 12.3 Å². The van der Waals surface area contributed by atoms with E-state index in [1.54, 1.807) is 0 Å². The van der Waals surface area contributed by atoms with E-state index in [1.807, 2.05) is 0 Å². The van der Waals surface area contributed by atoms with Gasteiger partial charge in [-0.25, -0.2) is 0 Å². The summed E-state index contributed by atoms with van der Waals surface area (Å²) >= 11 is 0. The highest BCUT2D eigenvalue weighted by Gasteiger charge is 2.12. The molecule has 1 atom stereocenters. The molecule has 0 aliphatic carbocycles. The zero-order valence-corrected chi connectivity index (χ0v) is 22.7. The molecule has 0 aromatic rings. The second-order valence-electron chi connectivity index (χ2n) is 10.5. The third-order valence-corrected chi connectivity index (χ3v) is 6.94. The quantitative estimate of drug-likeness (QED) is 0.135. The lowest BCUT2D eigenvalue weighted by molar-refractivity contribution is 0.319. The highest BCUT2D eigenvalue weighted by molar-refractivity contribution is 4.91. The SMILES string of the molecule is C=C(CC)CCCCCCCC(CCC)CCCCCCC.CCCC(C)(C)CC. The topological polar surface area (TPSA) is 0 Å². The van der Waals surface area contributed by atoms with Gasteiger partial charge in [-0.3, -0.25) is 0 Å². The maximum Gasteiger partial charge on any atom is -0.0323 e. The van der Waals surface area contributed by atoms with E-state index in [0.29, 0.717) is 5.41 Å². The third-order valence-electron chi connectivity index (χ3n) is 6.94. The molecule has 182 valence electrons. The first-order chi connectivity index (χ1) is 14.4. The van der Waals surface area contributed by atoms with E-state index < -0.39 is 0 Å². The second kappa shape index (κ2) is 23.4. The van der Waals surface area contributed by atoms with Crippen LogP contribution in [0.2, 0.25) is 0 Å². The highest BCUT2D eigenvalue weighted by atomic mass is 14.2. The number of allylic oxidation sites excluding steroid dienone is 1. The molecule has 0 amide bonds. The summed E-state index contributed by atoms with van der Waals surface area (Å²) in [6.07, 6.45) is 26.6. The van der Waals surface area contributed by atoms with E-state index in [1.165, 1.54) is 121 Å². The van der Waals surface area contributed by atoms with Gasteiger partial charge in [0.15, 0.2) is 0 Å². The average Bonchev–Trinajstić information content (AvgIpc) is 2.73. The van der Waals surface area contributed by atoms with Gasteiger partial charge < -0.3 is 0 Å². The monoisotopic (exact) mass is 422 g/mol. The Hall–Kier alpha value is -0.260. The average molecular weight is 423 g/mol. The summed E-state index contributed by atoms with van der Waals surface area (Å²) < 4.78 is 0. The zero-order chi connectivity index (χ0) is 23.1. The fourth-order valence-electron chi connectivity index (χ4n) is 4.25. The second-order valence-corrected chi connectivity index (χ2v) is 10.5. The summed E-state index contributed by atoms with van der Waals surface area (Å²) in [5.41, 5.74) is 2.03. The predicted octanol–water partition coefficient (Wildman–Crippen LogP) is 11.7. The Morgan fingerprint density at radius 2 is 1.17 bits per heavy atom. The molecule has 0 heterocycles. The predicted molar refractivity (Wildman–Crippen MR) is 143 cm³/mol. The van der Waals surface area contributed by atoms with Crippen LogP contribution in [0, 0.1) is 11.3 Å². The summed E-state index contributed by atoms with van der Waals surface area (Å²) in [5.74, 6) is 1.02. The van der Waals surface area contributed by atoms with Crippen molar-refractivity contribution in [2.24, 2.45) is 11.3 Å². The van der Waals surface area contributed by atoms with Crippen LogP contribution in [0.1, 0.15) is 170 Å². The molecule has 0 spiro atoms. The first kappa shape index (κ1) is 31.9. The van der Waals surface area contributed by atoms with Crippen molar-refractivity contribution in [3.05, 3.63) is 12.2 Å². The van der Waals surface area contributed by atoms with Crippen molar-refractivity contribution in [3.8, 4) is 0 Å². The Morgan fingerprint density at radius 3 is 1.60 bits per heavy atom. The molecule has 0 saturated heterocycles. The first-order valence-electron chi connectivity index (χ1n) is 14.0. The van der Waals surface area contributed by atoms with Crippen molar-refractivity contribution >= 4 is 0 Å². The van der Waals surface area contributed by atoms with Crippen LogP contribution >= 0.6 is 0 Å². The zero-order valence-electron chi connectivity index (χ0n) is 22.7. The molecule has 0 aromatic carbocycles. The van der Waals surface area contributed by atoms with E-state index in [9.17, 15) is 0 Å². The molecule has 0 radical (unpaired) electrons. The maximum atomic E-state index is 4.10. The normalized spacial score (nSPS) is 12.4. The summed E-state index contributed by atoms with van der Waals surface area (Å²) in [5, 5.41) is 0. The van der Waals surface area contributed by atoms with Crippen LogP contribution in [-0.2, 0) is 0 Å². The highest BCUT2D eigenvalue weighted by Crippen LogP contribution is 2.25. The molecule has 0 aromatic heterocycles. The van der Waals surface area contributed by atoms with Crippen molar-refractivity contribution in [1.29, 1.82) is 0 Å². The molecule has 0 rings (SSSR count). The van der Waals surface area contributed by atoms with Crippen LogP contribution in [0.5, 0.6) is 0 Å². The van der Waals surface area contributed by atoms with Gasteiger partial charge >= 0.3 is 0 Å². The van der Waals surface area contributed by atoms with Crippen LogP contribution in [0.25, 0.3) is 0 Å². The minimum atomic E-state index is 0.592. The Balaban J connectivity index is 0. The summed E-state index contributed by atoms with van der Waals surface area (Å²) in [6, 6.07) is 0. The fourth-order valence-corrected chi connectivity index (χ4v) is 4.25. The van der Waals surface area contributed by atoms with Crippen molar-refractivity contribution in [3.63, 3.8) is 0 Å². The molecular formula is C30H62. The van der Waals surface area contributed by atoms with Crippen molar-refractivity contribution in [2.45, 2.75) is 170 Å². The lowest BCUT2D eigenvalue weighted by Gasteiger charge is -2.20.